The molecule has 6 heteroatoms. The van der Waals surface area contributed by atoms with Crippen molar-refractivity contribution in [3.05, 3.63) is 23.9 Å². The molecule has 0 atom stereocenters. The standard InChI is InChI=1S/C16H25N3O3/c1-4-5-10-18(3)14(20)12-19(11-8-15(21)22)16-13(2)7-6-9-17-16/h6-7,9H,4-5,8,10-12H2,1-3H3,(H,21,22). The lowest BCUT2D eigenvalue weighted by Crippen LogP contribution is -2.40. The Kier molecular flexibility index (Phi) is 7.36. The van der Waals surface area contributed by atoms with Crippen LogP contribution in [0.15, 0.2) is 18.3 Å². The van der Waals surface area contributed by atoms with E-state index in [0.717, 1.165) is 18.4 Å². The maximum absolute atomic E-state index is 12.3. The van der Waals surface area contributed by atoms with Crippen LogP contribution >= 0.6 is 0 Å². The van der Waals surface area contributed by atoms with E-state index < -0.39 is 5.97 Å². The largest absolute Gasteiger partial charge is 0.481 e. The predicted octanol–water partition coefficient (Wildman–Crippen LogP) is 1.93. The van der Waals surface area contributed by atoms with Crippen LogP contribution in [0.2, 0.25) is 0 Å². The molecule has 0 saturated carbocycles. The first-order chi connectivity index (χ1) is 10.5. The first-order valence-electron chi connectivity index (χ1n) is 7.58. The molecule has 1 aromatic rings. The molecule has 0 bridgehead atoms. The fraction of sp³-hybridized carbons (Fsp3) is 0.562. The van der Waals surface area contributed by atoms with Gasteiger partial charge in [-0.1, -0.05) is 19.4 Å². The van der Waals surface area contributed by atoms with E-state index in [1.807, 2.05) is 19.1 Å². The van der Waals surface area contributed by atoms with Gasteiger partial charge in [-0.15, -0.1) is 0 Å². The lowest BCUT2D eigenvalue weighted by molar-refractivity contribution is -0.137. The number of carbonyl (C=O) groups is 2. The number of likely N-dealkylation sites (N-methyl/N-ethyl adjacent to an activating group) is 1. The third kappa shape index (κ3) is 5.71. The number of rotatable bonds is 9. The van der Waals surface area contributed by atoms with Crippen molar-refractivity contribution in [2.75, 3.05) is 31.6 Å². The van der Waals surface area contributed by atoms with Crippen LogP contribution in [-0.4, -0.2) is 53.5 Å². The molecular weight excluding hydrogens is 282 g/mol. The number of carboxylic acids is 1. The molecule has 22 heavy (non-hydrogen) atoms. The van der Waals surface area contributed by atoms with E-state index in [9.17, 15) is 9.59 Å². The zero-order valence-corrected chi connectivity index (χ0v) is 13.6. The quantitative estimate of drug-likeness (QED) is 0.754. The minimum absolute atomic E-state index is 0.0242. The summed E-state index contributed by atoms with van der Waals surface area (Å²) in [4.78, 5) is 30.9. The highest BCUT2D eigenvalue weighted by Gasteiger charge is 2.18. The van der Waals surface area contributed by atoms with Crippen molar-refractivity contribution in [1.29, 1.82) is 0 Å². The number of unbranched alkanes of at least 4 members (excludes halogenated alkanes) is 1. The lowest BCUT2D eigenvalue weighted by Gasteiger charge is -2.26. The normalized spacial score (nSPS) is 10.3. The SMILES string of the molecule is CCCCN(C)C(=O)CN(CCC(=O)O)c1ncccc1C. The maximum Gasteiger partial charge on any atom is 0.305 e. The first kappa shape index (κ1) is 17.9. The van der Waals surface area contributed by atoms with Crippen molar-refractivity contribution in [2.24, 2.45) is 0 Å². The molecule has 0 spiro atoms. The smallest absolute Gasteiger partial charge is 0.305 e. The van der Waals surface area contributed by atoms with E-state index >= 15 is 0 Å². The van der Waals surface area contributed by atoms with Crippen LogP contribution in [0.3, 0.4) is 0 Å². The Morgan fingerprint density at radius 3 is 2.64 bits per heavy atom. The zero-order chi connectivity index (χ0) is 16.5. The Hall–Kier alpha value is -2.11. The summed E-state index contributed by atoms with van der Waals surface area (Å²) in [6, 6.07) is 3.73. The Morgan fingerprint density at radius 1 is 1.32 bits per heavy atom. The predicted molar refractivity (Wildman–Crippen MR) is 86.0 cm³/mol. The van der Waals surface area contributed by atoms with E-state index in [1.54, 1.807) is 23.0 Å². The summed E-state index contributed by atoms with van der Waals surface area (Å²) < 4.78 is 0. The number of pyridine rings is 1. The highest BCUT2D eigenvalue weighted by Crippen LogP contribution is 2.16. The number of aryl methyl sites for hydroxylation is 1. The third-order valence-corrected chi connectivity index (χ3v) is 3.48. The molecule has 0 aliphatic carbocycles. The number of nitrogens with zero attached hydrogens (tertiary/aromatic N) is 3. The summed E-state index contributed by atoms with van der Waals surface area (Å²) in [5, 5.41) is 8.90. The molecule has 0 unspecified atom stereocenters. The summed E-state index contributed by atoms with van der Waals surface area (Å²) >= 11 is 0. The van der Waals surface area contributed by atoms with Crippen molar-refractivity contribution < 1.29 is 14.7 Å². The van der Waals surface area contributed by atoms with Crippen LogP contribution in [0.4, 0.5) is 5.82 Å². The number of hydrogen-bond donors (Lipinski definition) is 1. The van der Waals surface area contributed by atoms with E-state index in [0.29, 0.717) is 12.4 Å². The number of hydrogen-bond acceptors (Lipinski definition) is 4. The Labute approximate surface area is 131 Å². The van der Waals surface area contributed by atoms with Gasteiger partial charge < -0.3 is 14.9 Å². The van der Waals surface area contributed by atoms with Crippen molar-refractivity contribution in [3.8, 4) is 0 Å². The second-order valence-corrected chi connectivity index (χ2v) is 5.38. The van der Waals surface area contributed by atoms with Crippen molar-refractivity contribution in [3.63, 3.8) is 0 Å². The van der Waals surface area contributed by atoms with Gasteiger partial charge in [0.2, 0.25) is 5.91 Å². The minimum Gasteiger partial charge on any atom is -0.481 e. The van der Waals surface area contributed by atoms with Gasteiger partial charge in [0.25, 0.3) is 0 Å². The Balaban J connectivity index is 2.80. The van der Waals surface area contributed by atoms with Crippen LogP contribution in [0.5, 0.6) is 0 Å². The molecule has 0 aromatic carbocycles. The fourth-order valence-electron chi connectivity index (χ4n) is 2.10. The number of anilines is 1. The molecular formula is C16H25N3O3. The van der Waals surface area contributed by atoms with Gasteiger partial charge in [-0.3, -0.25) is 9.59 Å². The van der Waals surface area contributed by atoms with Gasteiger partial charge in [0.1, 0.15) is 5.82 Å². The second-order valence-electron chi connectivity index (χ2n) is 5.38. The summed E-state index contributed by atoms with van der Waals surface area (Å²) in [6.07, 6.45) is 3.61. The van der Waals surface area contributed by atoms with Gasteiger partial charge in [-0.2, -0.15) is 0 Å². The average molecular weight is 307 g/mol. The van der Waals surface area contributed by atoms with Gasteiger partial charge in [0.15, 0.2) is 0 Å². The van der Waals surface area contributed by atoms with E-state index in [2.05, 4.69) is 11.9 Å². The molecule has 0 aliphatic rings. The molecule has 122 valence electrons. The van der Waals surface area contributed by atoms with E-state index in [1.165, 1.54) is 0 Å². The monoisotopic (exact) mass is 307 g/mol. The maximum atomic E-state index is 12.3. The van der Waals surface area contributed by atoms with Crippen LogP contribution in [-0.2, 0) is 9.59 Å². The summed E-state index contributed by atoms with van der Waals surface area (Å²) in [5.41, 5.74) is 0.928. The molecule has 1 heterocycles. The molecule has 6 nitrogen and oxygen atoms in total. The fourth-order valence-corrected chi connectivity index (χ4v) is 2.10. The van der Waals surface area contributed by atoms with Crippen LogP contribution in [0.1, 0.15) is 31.7 Å². The van der Waals surface area contributed by atoms with Crippen molar-refractivity contribution in [2.45, 2.75) is 33.1 Å². The first-order valence-corrected chi connectivity index (χ1v) is 7.58. The van der Waals surface area contributed by atoms with Crippen LogP contribution in [0, 0.1) is 6.92 Å². The number of carbonyl (C=O) groups excluding carboxylic acids is 1. The molecule has 1 aromatic heterocycles. The highest BCUT2D eigenvalue weighted by atomic mass is 16.4. The Morgan fingerprint density at radius 2 is 2.05 bits per heavy atom. The summed E-state index contributed by atoms with van der Waals surface area (Å²) in [5.74, 6) is -0.241. The van der Waals surface area contributed by atoms with Gasteiger partial charge in [-0.25, -0.2) is 4.98 Å². The highest BCUT2D eigenvalue weighted by molar-refractivity contribution is 5.81. The van der Waals surface area contributed by atoms with Crippen molar-refractivity contribution >= 4 is 17.7 Å². The Bertz CT molecular complexity index is 505. The van der Waals surface area contributed by atoms with E-state index in [4.69, 9.17) is 5.11 Å². The lowest BCUT2D eigenvalue weighted by atomic mass is 10.2. The van der Waals surface area contributed by atoms with E-state index in [-0.39, 0.29) is 25.4 Å². The molecule has 0 aliphatic heterocycles. The molecule has 0 fully saturated rings. The molecule has 0 saturated heterocycles. The zero-order valence-electron chi connectivity index (χ0n) is 13.6. The number of carboxylic acid groups (broad SMARTS) is 1. The third-order valence-electron chi connectivity index (χ3n) is 3.48. The number of amides is 1. The topological polar surface area (TPSA) is 73.7 Å². The van der Waals surface area contributed by atoms with Gasteiger partial charge in [-0.05, 0) is 25.0 Å². The van der Waals surface area contributed by atoms with Crippen LogP contribution < -0.4 is 4.90 Å². The summed E-state index contributed by atoms with van der Waals surface area (Å²) in [7, 11) is 1.78. The molecule has 1 amide bonds. The number of aliphatic carboxylic acids is 1. The van der Waals surface area contributed by atoms with Crippen LogP contribution in [0.25, 0.3) is 0 Å². The summed E-state index contributed by atoms with van der Waals surface area (Å²) in [6.45, 7) is 5.10. The molecule has 0 radical (unpaired) electrons. The average Bonchev–Trinajstić information content (AvgIpc) is 2.49. The van der Waals surface area contributed by atoms with Gasteiger partial charge >= 0.3 is 5.97 Å². The molecule has 1 rings (SSSR count). The van der Waals surface area contributed by atoms with Gasteiger partial charge in [0.05, 0.1) is 13.0 Å². The second kappa shape index (κ2) is 9.02. The number of aromatic nitrogens is 1. The molecule has 1 N–H and O–H groups in total. The van der Waals surface area contributed by atoms with Gasteiger partial charge in [0, 0.05) is 26.3 Å². The minimum atomic E-state index is -0.884. The van der Waals surface area contributed by atoms with Crippen molar-refractivity contribution in [1.82, 2.24) is 9.88 Å².